The molecule has 4 heteroatoms. The highest BCUT2D eigenvalue weighted by Gasteiger charge is 2.47. The minimum absolute atomic E-state index is 0.825. The van der Waals surface area contributed by atoms with Crippen LogP contribution in [0.4, 0.5) is 0 Å². The zero-order chi connectivity index (χ0) is 12.4. The molecule has 0 aliphatic carbocycles. The van der Waals surface area contributed by atoms with E-state index in [4.69, 9.17) is 5.10 Å². The number of aromatic nitrogens is 4. The smallest absolute Gasteiger partial charge is 0.190 e. The number of benzene rings is 1. The molecule has 5 rings (SSSR count). The van der Waals surface area contributed by atoms with Gasteiger partial charge >= 0.3 is 5.82 Å². The van der Waals surface area contributed by atoms with Gasteiger partial charge < -0.3 is 0 Å². The Labute approximate surface area is 110 Å². The normalized spacial score (nSPS) is 13.9. The summed E-state index contributed by atoms with van der Waals surface area (Å²) in [6.45, 7) is 1.75. The molecule has 4 heterocycles. The van der Waals surface area contributed by atoms with Gasteiger partial charge in [-0.15, -0.1) is 9.13 Å². The molecule has 90 valence electrons. The first-order valence-corrected chi connectivity index (χ1v) is 6.49. The minimum atomic E-state index is 0.825. The molecule has 0 saturated heterocycles. The van der Waals surface area contributed by atoms with E-state index in [0.717, 1.165) is 18.9 Å². The summed E-state index contributed by atoms with van der Waals surface area (Å²) < 4.78 is 6.69. The Kier molecular flexibility index (Phi) is 1.54. The molecule has 19 heavy (non-hydrogen) atoms. The molecule has 0 fully saturated rings. The van der Waals surface area contributed by atoms with Gasteiger partial charge in [0.2, 0.25) is 12.4 Å². The Bertz CT molecular complexity index is 818. The van der Waals surface area contributed by atoms with Crippen LogP contribution < -0.4 is 9.13 Å². The Balaban J connectivity index is 1.81. The predicted molar refractivity (Wildman–Crippen MR) is 68.0 cm³/mol. The number of rotatable bonds is 1. The van der Waals surface area contributed by atoms with Crippen molar-refractivity contribution in [2.45, 2.75) is 13.2 Å². The third-order valence-corrected chi connectivity index (χ3v) is 4.00. The fraction of sp³-hybridized carbons (Fsp3) is 0.133. The molecule has 1 aromatic carbocycles. The molecule has 0 atom stereocenters. The van der Waals surface area contributed by atoms with Gasteiger partial charge in [-0.25, -0.2) is 0 Å². The standard InChI is InChI=1S/C15H12N4/c1-2-5-11(6-3-1)13-12-9-17-7-4-8-18-10-19(16-13)14(12)15(17)18/h1-8H,9-10H2/q+2. The summed E-state index contributed by atoms with van der Waals surface area (Å²) in [6, 6.07) is 12.6. The van der Waals surface area contributed by atoms with Crippen LogP contribution in [0.25, 0.3) is 22.8 Å². The monoisotopic (exact) mass is 248 g/mol. The zero-order valence-electron chi connectivity index (χ0n) is 10.3. The first-order valence-electron chi connectivity index (χ1n) is 6.49. The van der Waals surface area contributed by atoms with E-state index in [2.05, 4.69) is 56.5 Å². The van der Waals surface area contributed by atoms with Crippen LogP contribution in [0, 0.1) is 0 Å². The topological polar surface area (TPSA) is 25.6 Å². The lowest BCUT2D eigenvalue weighted by atomic mass is 10.1. The molecule has 0 spiro atoms. The minimum Gasteiger partial charge on any atom is -0.190 e. The molecule has 0 radical (unpaired) electrons. The van der Waals surface area contributed by atoms with Crippen LogP contribution in [0.1, 0.15) is 5.56 Å². The molecular formula is C15H12N4+2. The third kappa shape index (κ3) is 1.07. The van der Waals surface area contributed by atoms with Gasteiger partial charge in [0.15, 0.2) is 18.9 Å². The van der Waals surface area contributed by atoms with Gasteiger partial charge in [0, 0.05) is 5.56 Å². The van der Waals surface area contributed by atoms with Gasteiger partial charge in [-0.2, -0.15) is 9.78 Å². The molecule has 2 aliphatic rings. The lowest BCUT2D eigenvalue weighted by Gasteiger charge is -1.96. The van der Waals surface area contributed by atoms with Crippen molar-refractivity contribution in [3.05, 3.63) is 54.4 Å². The van der Waals surface area contributed by atoms with Crippen molar-refractivity contribution in [2.24, 2.45) is 0 Å². The fourth-order valence-corrected chi connectivity index (χ4v) is 3.21. The van der Waals surface area contributed by atoms with Gasteiger partial charge in [0.25, 0.3) is 0 Å². The average Bonchev–Trinajstić information content (AvgIpc) is 3.09. The molecule has 2 aromatic heterocycles. The molecule has 0 saturated carbocycles. The summed E-state index contributed by atoms with van der Waals surface area (Å²) in [4.78, 5) is 0. The van der Waals surface area contributed by atoms with Crippen LogP contribution in [0.5, 0.6) is 0 Å². The summed E-state index contributed by atoms with van der Waals surface area (Å²) in [6.07, 6.45) is 4.27. The summed E-state index contributed by atoms with van der Waals surface area (Å²) >= 11 is 0. The first-order chi connectivity index (χ1) is 9.42. The lowest BCUT2D eigenvalue weighted by molar-refractivity contribution is -0.796. The van der Waals surface area contributed by atoms with Gasteiger partial charge in [0.1, 0.15) is 5.69 Å². The van der Waals surface area contributed by atoms with Crippen molar-refractivity contribution < 1.29 is 9.13 Å². The fourth-order valence-electron chi connectivity index (χ4n) is 3.21. The van der Waals surface area contributed by atoms with Crippen molar-refractivity contribution in [1.29, 1.82) is 0 Å². The molecule has 3 aromatic rings. The maximum Gasteiger partial charge on any atom is 0.472 e. The molecule has 0 N–H and O–H groups in total. The molecule has 0 amide bonds. The molecule has 0 bridgehead atoms. The van der Waals surface area contributed by atoms with Crippen molar-refractivity contribution in [3.63, 3.8) is 0 Å². The van der Waals surface area contributed by atoms with Gasteiger partial charge in [-0.1, -0.05) is 30.3 Å². The van der Waals surface area contributed by atoms with E-state index in [1.54, 1.807) is 0 Å². The average molecular weight is 248 g/mol. The summed E-state index contributed by atoms with van der Waals surface area (Å²) in [5, 5.41) is 4.80. The molecule has 4 nitrogen and oxygen atoms in total. The summed E-state index contributed by atoms with van der Waals surface area (Å²) in [7, 11) is 0. The second-order valence-corrected chi connectivity index (χ2v) is 5.09. The second-order valence-electron chi connectivity index (χ2n) is 5.09. The molecular weight excluding hydrogens is 236 g/mol. The van der Waals surface area contributed by atoms with E-state index in [1.807, 2.05) is 6.07 Å². The zero-order valence-corrected chi connectivity index (χ0v) is 10.3. The summed E-state index contributed by atoms with van der Waals surface area (Å²) in [5.74, 6) is 1.28. The van der Waals surface area contributed by atoms with Crippen LogP contribution in [0.2, 0.25) is 0 Å². The van der Waals surface area contributed by atoms with Crippen molar-refractivity contribution in [3.8, 4) is 22.8 Å². The third-order valence-electron chi connectivity index (χ3n) is 4.00. The highest BCUT2D eigenvalue weighted by atomic mass is 15.4. The maximum absolute atomic E-state index is 4.80. The van der Waals surface area contributed by atoms with E-state index in [9.17, 15) is 0 Å². The van der Waals surface area contributed by atoms with Crippen molar-refractivity contribution in [1.82, 2.24) is 9.78 Å². The van der Waals surface area contributed by atoms with E-state index in [1.165, 1.54) is 22.6 Å². The van der Waals surface area contributed by atoms with Gasteiger partial charge in [0.05, 0.1) is 11.6 Å². The van der Waals surface area contributed by atoms with Crippen LogP contribution in [-0.4, -0.2) is 9.78 Å². The van der Waals surface area contributed by atoms with Crippen LogP contribution >= 0.6 is 0 Å². The van der Waals surface area contributed by atoms with E-state index in [-0.39, 0.29) is 0 Å². The maximum atomic E-state index is 4.80. The Morgan fingerprint density at radius 3 is 2.74 bits per heavy atom. The SMILES string of the molecule is c1ccc(-c2nn3c4c2C[n+]2ccc[n+](c2-4)C3)cc1. The Hall–Kier alpha value is -2.49. The summed E-state index contributed by atoms with van der Waals surface area (Å²) in [5.41, 5.74) is 4.98. The van der Waals surface area contributed by atoms with Crippen LogP contribution in [-0.2, 0) is 13.2 Å². The largest absolute Gasteiger partial charge is 0.472 e. The Morgan fingerprint density at radius 2 is 1.84 bits per heavy atom. The lowest BCUT2D eigenvalue weighted by Crippen LogP contribution is -2.45. The van der Waals surface area contributed by atoms with Crippen LogP contribution in [0.15, 0.2) is 48.8 Å². The highest BCUT2D eigenvalue weighted by molar-refractivity contribution is 5.71. The highest BCUT2D eigenvalue weighted by Crippen LogP contribution is 2.34. The first kappa shape index (κ1) is 9.44. The number of nitrogens with zero attached hydrogens (tertiary/aromatic N) is 4. The van der Waals surface area contributed by atoms with E-state index in [0.29, 0.717) is 0 Å². The van der Waals surface area contributed by atoms with E-state index >= 15 is 0 Å². The second kappa shape index (κ2) is 3.09. The number of hydrogen-bond acceptors (Lipinski definition) is 1. The van der Waals surface area contributed by atoms with Crippen molar-refractivity contribution in [2.75, 3.05) is 0 Å². The van der Waals surface area contributed by atoms with E-state index < -0.39 is 0 Å². The van der Waals surface area contributed by atoms with Gasteiger partial charge in [-0.3, -0.25) is 0 Å². The number of hydrogen-bond donors (Lipinski definition) is 0. The molecule has 2 aliphatic heterocycles. The quantitative estimate of drug-likeness (QED) is 0.406. The van der Waals surface area contributed by atoms with Crippen LogP contribution in [0.3, 0.4) is 0 Å². The van der Waals surface area contributed by atoms with Crippen molar-refractivity contribution >= 4 is 0 Å². The predicted octanol–water partition coefficient (Wildman–Crippen LogP) is 0.973. The van der Waals surface area contributed by atoms with Gasteiger partial charge in [-0.05, 0) is 0 Å². The Morgan fingerprint density at radius 1 is 1.00 bits per heavy atom. The molecule has 0 unspecified atom stereocenters.